The van der Waals surface area contributed by atoms with Crippen LogP contribution in [0.25, 0.3) is 0 Å². The zero-order chi connectivity index (χ0) is 13.1. The van der Waals surface area contributed by atoms with Crippen LogP contribution in [-0.2, 0) is 4.74 Å². The highest BCUT2D eigenvalue weighted by Gasteiger charge is 2.24. The van der Waals surface area contributed by atoms with E-state index in [0.29, 0.717) is 26.3 Å². The fraction of sp³-hybridized carbons (Fsp3) is 0.500. The van der Waals surface area contributed by atoms with Gasteiger partial charge in [-0.1, -0.05) is 18.2 Å². The van der Waals surface area contributed by atoms with E-state index in [1.165, 1.54) is 10.5 Å². The maximum Gasteiger partial charge on any atom is 0.318 e. The molecule has 19 heavy (non-hydrogen) atoms. The number of thioether (sulfide) groups is 1. The molecule has 0 spiro atoms. The number of benzene rings is 1. The van der Waals surface area contributed by atoms with Crippen LogP contribution < -0.4 is 5.32 Å². The summed E-state index contributed by atoms with van der Waals surface area (Å²) in [5.74, 6) is 1.06. The van der Waals surface area contributed by atoms with Crippen molar-refractivity contribution in [3.8, 4) is 0 Å². The molecular formula is C14H18N2O2S. The second kappa shape index (κ2) is 5.84. The van der Waals surface area contributed by atoms with E-state index in [2.05, 4.69) is 23.5 Å². The average Bonchev–Trinajstić information content (AvgIpc) is 2.48. The summed E-state index contributed by atoms with van der Waals surface area (Å²) in [4.78, 5) is 15.4. The third kappa shape index (κ3) is 2.87. The number of carbonyl (C=O) groups is 1. The number of rotatable bonds is 1. The number of carbonyl (C=O) groups excluding carboxylic acids is 1. The minimum atomic E-state index is 0.0370. The standard InChI is InChI=1S/C14H18N2O2S/c17-14(16-6-8-18-9-7-16)15-12-5-10-19-13-4-2-1-3-11(12)13/h1-4,12H,5-10H2,(H,15,17)/t12-/m0/s1. The first kappa shape index (κ1) is 12.8. The van der Waals surface area contributed by atoms with Crippen molar-refractivity contribution in [2.45, 2.75) is 17.4 Å². The summed E-state index contributed by atoms with van der Waals surface area (Å²) in [6.07, 6.45) is 0.998. The van der Waals surface area contributed by atoms with Crippen LogP contribution in [0.5, 0.6) is 0 Å². The molecule has 1 aromatic carbocycles. The Bertz CT molecular complexity index is 461. The molecule has 4 nitrogen and oxygen atoms in total. The zero-order valence-electron chi connectivity index (χ0n) is 10.8. The number of fused-ring (bicyclic) bond motifs is 1. The van der Waals surface area contributed by atoms with Gasteiger partial charge in [0.1, 0.15) is 0 Å². The van der Waals surface area contributed by atoms with Crippen molar-refractivity contribution in [3.63, 3.8) is 0 Å². The van der Waals surface area contributed by atoms with Crippen molar-refractivity contribution < 1.29 is 9.53 Å². The van der Waals surface area contributed by atoms with Crippen molar-refractivity contribution in [1.29, 1.82) is 0 Å². The first-order valence-corrected chi connectivity index (χ1v) is 7.68. The lowest BCUT2D eigenvalue weighted by atomic mass is 10.0. The SMILES string of the molecule is O=C(N[C@H]1CCSc2ccccc21)N1CCOCC1. The highest BCUT2D eigenvalue weighted by Crippen LogP contribution is 2.35. The minimum Gasteiger partial charge on any atom is -0.378 e. The molecule has 2 heterocycles. The van der Waals surface area contributed by atoms with Crippen LogP contribution in [0.4, 0.5) is 4.79 Å². The monoisotopic (exact) mass is 278 g/mol. The van der Waals surface area contributed by atoms with Crippen molar-refractivity contribution in [2.24, 2.45) is 0 Å². The van der Waals surface area contributed by atoms with Crippen LogP contribution >= 0.6 is 11.8 Å². The zero-order valence-corrected chi connectivity index (χ0v) is 11.6. The Hall–Kier alpha value is -1.20. The molecule has 2 aliphatic rings. The molecule has 1 N–H and O–H groups in total. The van der Waals surface area contributed by atoms with E-state index in [1.807, 2.05) is 22.7 Å². The van der Waals surface area contributed by atoms with Crippen LogP contribution in [0.2, 0.25) is 0 Å². The molecule has 1 atom stereocenters. The highest BCUT2D eigenvalue weighted by atomic mass is 32.2. The average molecular weight is 278 g/mol. The molecule has 0 saturated carbocycles. The van der Waals surface area contributed by atoms with Gasteiger partial charge in [-0.3, -0.25) is 0 Å². The maximum atomic E-state index is 12.2. The minimum absolute atomic E-state index is 0.0370. The first-order chi connectivity index (χ1) is 9.34. The lowest BCUT2D eigenvalue weighted by Crippen LogP contribution is -2.47. The van der Waals surface area contributed by atoms with Crippen molar-refractivity contribution in [1.82, 2.24) is 10.2 Å². The van der Waals surface area contributed by atoms with E-state index in [0.717, 1.165) is 12.2 Å². The van der Waals surface area contributed by atoms with E-state index in [-0.39, 0.29) is 12.1 Å². The van der Waals surface area contributed by atoms with Gasteiger partial charge in [0.15, 0.2) is 0 Å². The Morgan fingerprint density at radius 1 is 1.32 bits per heavy atom. The summed E-state index contributed by atoms with van der Waals surface area (Å²) < 4.78 is 5.27. The summed E-state index contributed by atoms with van der Waals surface area (Å²) in [5, 5.41) is 3.16. The molecule has 102 valence electrons. The van der Waals surface area contributed by atoms with Crippen molar-refractivity contribution in [3.05, 3.63) is 29.8 Å². The summed E-state index contributed by atoms with van der Waals surface area (Å²) in [6, 6.07) is 8.53. The van der Waals surface area contributed by atoms with Gasteiger partial charge in [0.05, 0.1) is 19.3 Å². The maximum absolute atomic E-state index is 12.2. The van der Waals surface area contributed by atoms with Gasteiger partial charge in [-0.05, 0) is 18.1 Å². The predicted molar refractivity (Wildman–Crippen MR) is 75.4 cm³/mol. The van der Waals surface area contributed by atoms with Gasteiger partial charge in [0.2, 0.25) is 0 Å². The van der Waals surface area contributed by atoms with Gasteiger partial charge >= 0.3 is 6.03 Å². The number of nitrogens with one attached hydrogen (secondary N) is 1. The van der Waals surface area contributed by atoms with E-state index < -0.39 is 0 Å². The van der Waals surface area contributed by atoms with Gasteiger partial charge < -0.3 is 15.0 Å². The predicted octanol–water partition coefficient (Wildman–Crippen LogP) is 2.27. The van der Waals surface area contributed by atoms with Gasteiger partial charge in [0, 0.05) is 23.7 Å². The number of hydrogen-bond acceptors (Lipinski definition) is 3. The number of nitrogens with zero attached hydrogens (tertiary/aromatic N) is 1. The second-order valence-electron chi connectivity index (χ2n) is 4.78. The molecule has 0 aliphatic carbocycles. The molecular weight excluding hydrogens is 260 g/mol. The lowest BCUT2D eigenvalue weighted by Gasteiger charge is -2.31. The molecule has 1 aromatic rings. The Morgan fingerprint density at radius 3 is 2.95 bits per heavy atom. The molecule has 0 unspecified atom stereocenters. The summed E-state index contributed by atoms with van der Waals surface area (Å²) in [7, 11) is 0. The molecule has 0 radical (unpaired) electrons. The third-order valence-electron chi connectivity index (χ3n) is 3.55. The van der Waals surface area contributed by atoms with Crippen LogP contribution in [-0.4, -0.2) is 43.0 Å². The quantitative estimate of drug-likeness (QED) is 0.857. The largest absolute Gasteiger partial charge is 0.378 e. The third-order valence-corrected chi connectivity index (χ3v) is 4.68. The number of amides is 2. The van der Waals surface area contributed by atoms with Crippen molar-refractivity contribution >= 4 is 17.8 Å². The Morgan fingerprint density at radius 2 is 2.11 bits per heavy atom. The Balaban J connectivity index is 1.68. The summed E-state index contributed by atoms with van der Waals surface area (Å²) in [6.45, 7) is 2.67. The van der Waals surface area contributed by atoms with E-state index in [4.69, 9.17) is 4.74 Å². The van der Waals surface area contributed by atoms with Gasteiger partial charge in [-0.15, -0.1) is 11.8 Å². The molecule has 5 heteroatoms. The van der Waals surface area contributed by atoms with Crippen molar-refractivity contribution in [2.75, 3.05) is 32.1 Å². The summed E-state index contributed by atoms with van der Waals surface area (Å²) >= 11 is 1.87. The topological polar surface area (TPSA) is 41.6 Å². The smallest absolute Gasteiger partial charge is 0.318 e. The van der Waals surface area contributed by atoms with E-state index in [9.17, 15) is 4.79 Å². The Labute approximate surface area is 117 Å². The van der Waals surface area contributed by atoms with E-state index in [1.54, 1.807) is 0 Å². The highest BCUT2D eigenvalue weighted by molar-refractivity contribution is 7.99. The van der Waals surface area contributed by atoms with Gasteiger partial charge in [-0.25, -0.2) is 4.79 Å². The molecule has 0 bridgehead atoms. The number of hydrogen-bond donors (Lipinski definition) is 1. The molecule has 3 rings (SSSR count). The Kier molecular flexibility index (Phi) is 3.94. The molecule has 2 aliphatic heterocycles. The van der Waals surface area contributed by atoms with E-state index >= 15 is 0 Å². The van der Waals surface area contributed by atoms with Crippen LogP contribution in [0.3, 0.4) is 0 Å². The number of urea groups is 1. The first-order valence-electron chi connectivity index (χ1n) is 6.69. The molecule has 2 amide bonds. The fourth-order valence-corrected chi connectivity index (χ4v) is 3.62. The normalized spacial score (nSPS) is 22.7. The number of ether oxygens (including phenoxy) is 1. The van der Waals surface area contributed by atoms with Crippen LogP contribution in [0.15, 0.2) is 29.2 Å². The number of morpholine rings is 1. The van der Waals surface area contributed by atoms with Gasteiger partial charge in [-0.2, -0.15) is 0 Å². The van der Waals surface area contributed by atoms with Crippen LogP contribution in [0.1, 0.15) is 18.0 Å². The lowest BCUT2D eigenvalue weighted by molar-refractivity contribution is 0.0524. The van der Waals surface area contributed by atoms with Gasteiger partial charge in [0.25, 0.3) is 0 Å². The molecule has 1 saturated heterocycles. The second-order valence-corrected chi connectivity index (χ2v) is 5.91. The molecule has 0 aromatic heterocycles. The van der Waals surface area contributed by atoms with Crippen LogP contribution in [0, 0.1) is 0 Å². The molecule has 1 fully saturated rings. The summed E-state index contributed by atoms with van der Waals surface area (Å²) in [5.41, 5.74) is 1.25. The fourth-order valence-electron chi connectivity index (χ4n) is 2.50.